The number of aliphatic hydroxyl groups excluding tert-OH is 1. The summed E-state index contributed by atoms with van der Waals surface area (Å²) < 4.78 is 38.2. The van der Waals surface area contributed by atoms with Crippen LogP contribution in [0.15, 0.2) is 36.4 Å². The fraction of sp³-hybridized carbons (Fsp3) is 0.143. The maximum Gasteiger partial charge on any atom is 0.416 e. The molecular formula is C14H10Cl2F3NO. The van der Waals surface area contributed by atoms with E-state index in [1.807, 2.05) is 0 Å². The fourth-order valence-corrected chi connectivity index (χ4v) is 2.16. The number of rotatable bonds is 2. The summed E-state index contributed by atoms with van der Waals surface area (Å²) in [5.74, 6) is 0. The van der Waals surface area contributed by atoms with Gasteiger partial charge in [-0.3, -0.25) is 0 Å². The number of alkyl halides is 3. The second-order valence-corrected chi connectivity index (χ2v) is 5.23. The number of hydrogen-bond donors (Lipinski definition) is 2. The summed E-state index contributed by atoms with van der Waals surface area (Å²) in [5, 5.41) is 10.7. The molecule has 0 heterocycles. The molecule has 0 bridgehead atoms. The molecule has 1 atom stereocenters. The molecule has 0 aliphatic heterocycles. The Bertz CT molecular complexity index is 674. The standard InChI is InChI=1S/C14H10Cl2F3NO/c15-10-3-1-7(5-11(10)16)13(21)9-6-8(14(17,18)19)2-4-12(9)20/h1-6,13,21H,20H2. The van der Waals surface area contributed by atoms with Crippen molar-refractivity contribution >= 4 is 28.9 Å². The monoisotopic (exact) mass is 335 g/mol. The van der Waals surface area contributed by atoms with Crippen LogP contribution in [-0.2, 0) is 6.18 Å². The van der Waals surface area contributed by atoms with Crippen molar-refractivity contribution in [2.24, 2.45) is 0 Å². The highest BCUT2D eigenvalue weighted by molar-refractivity contribution is 6.42. The van der Waals surface area contributed by atoms with Crippen LogP contribution < -0.4 is 5.73 Å². The number of benzene rings is 2. The summed E-state index contributed by atoms with van der Waals surface area (Å²) in [6, 6.07) is 7.10. The smallest absolute Gasteiger partial charge is 0.398 e. The Labute approximate surface area is 128 Å². The van der Waals surface area contributed by atoms with Crippen molar-refractivity contribution in [1.29, 1.82) is 0 Å². The summed E-state index contributed by atoms with van der Waals surface area (Å²) in [5.41, 5.74) is 5.09. The number of nitrogens with two attached hydrogens (primary N) is 1. The molecule has 0 fully saturated rings. The Morgan fingerprint density at radius 2 is 1.67 bits per heavy atom. The predicted molar refractivity (Wildman–Crippen MR) is 76.4 cm³/mol. The van der Waals surface area contributed by atoms with E-state index in [1.165, 1.54) is 18.2 Å². The second-order valence-electron chi connectivity index (χ2n) is 4.42. The van der Waals surface area contributed by atoms with Crippen molar-refractivity contribution in [1.82, 2.24) is 0 Å². The molecular weight excluding hydrogens is 326 g/mol. The Kier molecular flexibility index (Phi) is 4.37. The van der Waals surface area contributed by atoms with Gasteiger partial charge in [0, 0.05) is 11.3 Å². The third-order valence-electron chi connectivity index (χ3n) is 2.97. The van der Waals surface area contributed by atoms with Crippen LogP contribution >= 0.6 is 23.2 Å². The van der Waals surface area contributed by atoms with Gasteiger partial charge in [-0.2, -0.15) is 13.2 Å². The summed E-state index contributed by atoms with van der Waals surface area (Å²) in [7, 11) is 0. The SMILES string of the molecule is Nc1ccc(C(F)(F)F)cc1C(O)c1ccc(Cl)c(Cl)c1. The van der Waals surface area contributed by atoms with Crippen LogP contribution in [0.3, 0.4) is 0 Å². The van der Waals surface area contributed by atoms with E-state index in [-0.39, 0.29) is 21.3 Å². The molecule has 0 aliphatic carbocycles. The highest BCUT2D eigenvalue weighted by atomic mass is 35.5. The molecule has 0 aliphatic rings. The van der Waals surface area contributed by atoms with E-state index < -0.39 is 17.8 Å². The van der Waals surface area contributed by atoms with Gasteiger partial charge in [0.2, 0.25) is 0 Å². The number of aliphatic hydroxyl groups is 1. The molecule has 0 aromatic heterocycles. The van der Waals surface area contributed by atoms with E-state index >= 15 is 0 Å². The number of nitrogen functional groups attached to an aromatic ring is 1. The average Bonchev–Trinajstić information content (AvgIpc) is 2.40. The van der Waals surface area contributed by atoms with E-state index in [9.17, 15) is 18.3 Å². The first-order valence-corrected chi connectivity index (χ1v) is 6.55. The van der Waals surface area contributed by atoms with Crippen molar-refractivity contribution in [3.8, 4) is 0 Å². The highest BCUT2D eigenvalue weighted by Crippen LogP contribution is 2.36. The van der Waals surface area contributed by atoms with Crippen LogP contribution in [0.25, 0.3) is 0 Å². The first-order valence-electron chi connectivity index (χ1n) is 5.80. The van der Waals surface area contributed by atoms with Gasteiger partial charge >= 0.3 is 6.18 Å². The van der Waals surface area contributed by atoms with E-state index in [0.29, 0.717) is 5.56 Å². The Balaban J connectivity index is 2.47. The third kappa shape index (κ3) is 3.43. The molecule has 1 unspecified atom stereocenters. The first kappa shape index (κ1) is 15.9. The zero-order valence-electron chi connectivity index (χ0n) is 10.5. The summed E-state index contributed by atoms with van der Waals surface area (Å²) in [4.78, 5) is 0. The molecule has 112 valence electrons. The minimum Gasteiger partial charge on any atom is -0.398 e. The molecule has 2 nitrogen and oxygen atoms in total. The molecule has 0 radical (unpaired) electrons. The molecule has 2 aromatic rings. The van der Waals surface area contributed by atoms with Gasteiger partial charge in [-0.1, -0.05) is 29.3 Å². The van der Waals surface area contributed by atoms with Crippen LogP contribution in [0.1, 0.15) is 22.8 Å². The van der Waals surface area contributed by atoms with Crippen molar-refractivity contribution in [3.05, 3.63) is 63.1 Å². The third-order valence-corrected chi connectivity index (χ3v) is 3.71. The van der Waals surface area contributed by atoms with E-state index in [0.717, 1.165) is 18.2 Å². The molecule has 7 heteroatoms. The van der Waals surface area contributed by atoms with E-state index in [4.69, 9.17) is 28.9 Å². The summed E-state index contributed by atoms with van der Waals surface area (Å²) >= 11 is 11.6. The molecule has 0 amide bonds. The lowest BCUT2D eigenvalue weighted by atomic mass is 9.98. The summed E-state index contributed by atoms with van der Waals surface area (Å²) in [6.07, 6.45) is -5.85. The molecule has 2 aromatic carbocycles. The number of hydrogen-bond acceptors (Lipinski definition) is 2. The molecule has 0 saturated heterocycles. The van der Waals surface area contributed by atoms with Gasteiger partial charge in [0.15, 0.2) is 0 Å². The quantitative estimate of drug-likeness (QED) is 0.783. The molecule has 2 rings (SSSR count). The van der Waals surface area contributed by atoms with Crippen LogP contribution in [0.5, 0.6) is 0 Å². The Morgan fingerprint density at radius 3 is 2.24 bits per heavy atom. The van der Waals surface area contributed by atoms with Crippen molar-refractivity contribution in [2.75, 3.05) is 5.73 Å². The van der Waals surface area contributed by atoms with Crippen molar-refractivity contribution < 1.29 is 18.3 Å². The number of halogens is 5. The van der Waals surface area contributed by atoms with Gasteiger partial charge in [0.05, 0.1) is 15.6 Å². The van der Waals surface area contributed by atoms with Gasteiger partial charge in [-0.25, -0.2) is 0 Å². The average molecular weight is 336 g/mol. The normalized spacial score (nSPS) is 13.2. The predicted octanol–water partition coefficient (Wildman–Crippen LogP) is 4.68. The van der Waals surface area contributed by atoms with Gasteiger partial charge < -0.3 is 10.8 Å². The van der Waals surface area contributed by atoms with Gasteiger partial charge in [-0.15, -0.1) is 0 Å². The molecule has 21 heavy (non-hydrogen) atoms. The van der Waals surface area contributed by atoms with Gasteiger partial charge in [0.1, 0.15) is 6.10 Å². The van der Waals surface area contributed by atoms with E-state index in [1.54, 1.807) is 0 Å². The lowest BCUT2D eigenvalue weighted by Gasteiger charge is -2.17. The van der Waals surface area contributed by atoms with E-state index in [2.05, 4.69) is 0 Å². The van der Waals surface area contributed by atoms with Crippen molar-refractivity contribution in [3.63, 3.8) is 0 Å². The topological polar surface area (TPSA) is 46.2 Å². The van der Waals surface area contributed by atoms with Crippen LogP contribution in [0, 0.1) is 0 Å². The second kappa shape index (κ2) is 5.75. The van der Waals surface area contributed by atoms with Gasteiger partial charge in [0.25, 0.3) is 0 Å². The number of anilines is 1. The fourth-order valence-electron chi connectivity index (χ4n) is 1.85. The molecule has 3 N–H and O–H groups in total. The minimum atomic E-state index is -4.51. The maximum atomic E-state index is 12.7. The van der Waals surface area contributed by atoms with Gasteiger partial charge in [-0.05, 0) is 35.9 Å². The largest absolute Gasteiger partial charge is 0.416 e. The zero-order valence-corrected chi connectivity index (χ0v) is 12.0. The lowest BCUT2D eigenvalue weighted by molar-refractivity contribution is -0.137. The summed E-state index contributed by atoms with van der Waals surface area (Å²) in [6.45, 7) is 0. The zero-order chi connectivity index (χ0) is 15.8. The minimum absolute atomic E-state index is 0.0387. The Hall–Kier alpha value is -1.43. The Morgan fingerprint density at radius 1 is 1.00 bits per heavy atom. The highest BCUT2D eigenvalue weighted by Gasteiger charge is 2.31. The first-order chi connectivity index (χ1) is 9.70. The lowest BCUT2D eigenvalue weighted by Crippen LogP contribution is -2.09. The maximum absolute atomic E-state index is 12.7. The van der Waals surface area contributed by atoms with Crippen LogP contribution in [0.4, 0.5) is 18.9 Å². The van der Waals surface area contributed by atoms with Crippen LogP contribution in [-0.4, -0.2) is 5.11 Å². The molecule has 0 spiro atoms. The van der Waals surface area contributed by atoms with Crippen LogP contribution in [0.2, 0.25) is 10.0 Å². The van der Waals surface area contributed by atoms with Crippen molar-refractivity contribution in [2.45, 2.75) is 12.3 Å². The molecule has 0 saturated carbocycles.